The average Bonchev–Trinajstić information content (AvgIpc) is 2.86. The summed E-state index contributed by atoms with van der Waals surface area (Å²) < 4.78 is 7.83. The lowest BCUT2D eigenvalue weighted by Gasteiger charge is -2.09. The van der Waals surface area contributed by atoms with Crippen LogP contribution in [0.25, 0.3) is 0 Å². The van der Waals surface area contributed by atoms with Crippen LogP contribution in [0, 0.1) is 11.3 Å². The number of ether oxygens (including phenoxy) is 1. The van der Waals surface area contributed by atoms with Gasteiger partial charge in [-0.3, -0.25) is 0 Å². The molecule has 4 heteroatoms. The van der Waals surface area contributed by atoms with Crippen LogP contribution in [-0.4, -0.2) is 9.55 Å². The van der Waals surface area contributed by atoms with Gasteiger partial charge in [-0.15, -0.1) is 0 Å². The highest BCUT2D eigenvalue weighted by Gasteiger charge is 2.02. The Kier molecular flexibility index (Phi) is 4.57. The molecular weight excluding hydrogens is 238 g/mol. The summed E-state index contributed by atoms with van der Waals surface area (Å²) in [6.07, 6.45) is 5.17. The fourth-order valence-corrected chi connectivity index (χ4v) is 1.86. The van der Waals surface area contributed by atoms with Crippen molar-refractivity contribution < 1.29 is 4.74 Å². The number of imidazole rings is 1. The molecule has 0 aliphatic rings. The van der Waals surface area contributed by atoms with Crippen molar-refractivity contribution in [3.63, 3.8) is 0 Å². The van der Waals surface area contributed by atoms with Crippen molar-refractivity contribution in [1.29, 1.82) is 5.26 Å². The van der Waals surface area contributed by atoms with Crippen molar-refractivity contribution in [3.8, 4) is 11.8 Å². The second kappa shape index (κ2) is 6.60. The van der Waals surface area contributed by atoms with Crippen LogP contribution in [0.15, 0.2) is 36.8 Å². The second-order valence-corrected chi connectivity index (χ2v) is 4.35. The molecule has 0 aliphatic heterocycles. The molecule has 2 aromatic rings. The van der Waals surface area contributed by atoms with Gasteiger partial charge in [-0.1, -0.05) is 19.1 Å². The molecule has 0 fully saturated rings. The molecule has 1 aromatic heterocycles. The Bertz CT molecular complexity index is 552. The number of aromatic nitrogens is 2. The van der Waals surface area contributed by atoms with Crippen molar-refractivity contribution >= 4 is 0 Å². The first kappa shape index (κ1) is 13.2. The van der Waals surface area contributed by atoms with Crippen LogP contribution >= 0.6 is 0 Å². The minimum absolute atomic E-state index is 0.434. The van der Waals surface area contributed by atoms with Crippen LogP contribution in [0.2, 0.25) is 0 Å². The summed E-state index contributed by atoms with van der Waals surface area (Å²) >= 11 is 0. The normalized spacial score (nSPS) is 10.1. The average molecular weight is 255 g/mol. The highest BCUT2D eigenvalue weighted by molar-refractivity contribution is 5.28. The zero-order valence-corrected chi connectivity index (χ0v) is 11.0. The predicted molar refractivity (Wildman–Crippen MR) is 72.6 cm³/mol. The van der Waals surface area contributed by atoms with Gasteiger partial charge in [0.05, 0.1) is 30.7 Å². The first-order valence-corrected chi connectivity index (χ1v) is 6.41. The minimum Gasteiger partial charge on any atom is -0.487 e. The van der Waals surface area contributed by atoms with E-state index in [9.17, 15) is 0 Å². The lowest BCUT2D eigenvalue weighted by Crippen LogP contribution is -2.04. The summed E-state index contributed by atoms with van der Waals surface area (Å²) in [5.41, 5.74) is 2.08. The van der Waals surface area contributed by atoms with E-state index in [2.05, 4.69) is 22.5 Å². The summed E-state index contributed by atoms with van der Waals surface area (Å²) in [5.74, 6) is 0.811. The number of benzene rings is 1. The topological polar surface area (TPSA) is 50.8 Å². The molecule has 0 aliphatic carbocycles. The third-order valence-corrected chi connectivity index (χ3v) is 2.86. The fraction of sp³-hybridized carbons (Fsp3) is 0.333. The molecule has 0 radical (unpaired) electrons. The molecule has 2 rings (SSSR count). The highest BCUT2D eigenvalue weighted by atomic mass is 16.5. The number of rotatable bonds is 6. The van der Waals surface area contributed by atoms with E-state index >= 15 is 0 Å². The Morgan fingerprint density at radius 1 is 1.32 bits per heavy atom. The number of hydrogen-bond acceptors (Lipinski definition) is 3. The van der Waals surface area contributed by atoms with Gasteiger partial charge in [0.15, 0.2) is 0 Å². The Labute approximate surface area is 113 Å². The van der Waals surface area contributed by atoms with E-state index in [4.69, 9.17) is 10.00 Å². The van der Waals surface area contributed by atoms with Crippen molar-refractivity contribution in [2.75, 3.05) is 0 Å². The molecule has 0 spiro atoms. The summed E-state index contributed by atoms with van der Waals surface area (Å²) in [5, 5.41) is 8.61. The summed E-state index contributed by atoms with van der Waals surface area (Å²) in [7, 11) is 0. The van der Waals surface area contributed by atoms with E-state index in [1.807, 2.05) is 36.8 Å². The number of nitriles is 1. The highest BCUT2D eigenvalue weighted by Crippen LogP contribution is 2.14. The molecule has 0 saturated carbocycles. The molecule has 0 atom stereocenters. The van der Waals surface area contributed by atoms with Crippen LogP contribution in [0.4, 0.5) is 0 Å². The summed E-state index contributed by atoms with van der Waals surface area (Å²) in [6, 6.07) is 9.76. The number of nitrogens with zero attached hydrogens (tertiary/aromatic N) is 3. The quantitative estimate of drug-likeness (QED) is 0.797. The maximum atomic E-state index is 8.61. The molecule has 0 bridgehead atoms. The Balaban J connectivity index is 1.94. The van der Waals surface area contributed by atoms with E-state index in [1.54, 1.807) is 0 Å². The predicted octanol–water partition coefficient (Wildman–Crippen LogP) is 2.94. The lowest BCUT2D eigenvalue weighted by atomic mass is 10.2. The van der Waals surface area contributed by atoms with Gasteiger partial charge in [0.25, 0.3) is 0 Å². The Morgan fingerprint density at radius 2 is 2.11 bits per heavy atom. The first-order valence-electron chi connectivity index (χ1n) is 6.41. The molecule has 1 aromatic carbocycles. The van der Waals surface area contributed by atoms with Gasteiger partial charge in [0.2, 0.25) is 0 Å². The van der Waals surface area contributed by atoms with Gasteiger partial charge in [0.1, 0.15) is 12.4 Å². The number of aryl methyl sites for hydroxylation is 1. The van der Waals surface area contributed by atoms with Gasteiger partial charge >= 0.3 is 0 Å². The summed E-state index contributed by atoms with van der Waals surface area (Å²) in [6.45, 7) is 3.61. The fourth-order valence-electron chi connectivity index (χ4n) is 1.86. The van der Waals surface area contributed by atoms with Crippen LogP contribution in [0.5, 0.6) is 5.75 Å². The zero-order chi connectivity index (χ0) is 13.5. The van der Waals surface area contributed by atoms with Crippen LogP contribution < -0.4 is 4.74 Å². The van der Waals surface area contributed by atoms with Gasteiger partial charge in [0, 0.05) is 6.54 Å². The van der Waals surface area contributed by atoms with E-state index in [0.29, 0.717) is 13.0 Å². The van der Waals surface area contributed by atoms with E-state index in [0.717, 1.165) is 30.0 Å². The van der Waals surface area contributed by atoms with E-state index < -0.39 is 0 Å². The van der Waals surface area contributed by atoms with Gasteiger partial charge < -0.3 is 9.30 Å². The molecular formula is C15H17N3O. The van der Waals surface area contributed by atoms with Gasteiger partial charge in [-0.25, -0.2) is 4.98 Å². The third-order valence-electron chi connectivity index (χ3n) is 2.86. The van der Waals surface area contributed by atoms with Crippen LogP contribution in [-0.2, 0) is 19.6 Å². The molecule has 0 amide bonds. The van der Waals surface area contributed by atoms with Crippen LogP contribution in [0.3, 0.4) is 0 Å². The Hall–Kier alpha value is -2.28. The van der Waals surface area contributed by atoms with Crippen LogP contribution in [0.1, 0.15) is 24.6 Å². The van der Waals surface area contributed by atoms with Crippen molar-refractivity contribution in [2.45, 2.75) is 32.9 Å². The second-order valence-electron chi connectivity index (χ2n) is 4.35. The van der Waals surface area contributed by atoms with Crippen molar-refractivity contribution in [2.24, 2.45) is 0 Å². The monoisotopic (exact) mass is 255 g/mol. The maximum Gasteiger partial charge on any atom is 0.130 e. The number of hydrogen-bond donors (Lipinski definition) is 0. The summed E-state index contributed by atoms with van der Waals surface area (Å²) in [4.78, 5) is 4.14. The molecule has 19 heavy (non-hydrogen) atoms. The van der Waals surface area contributed by atoms with Crippen molar-refractivity contribution in [1.82, 2.24) is 9.55 Å². The first-order chi connectivity index (χ1) is 9.33. The van der Waals surface area contributed by atoms with E-state index in [1.165, 1.54) is 0 Å². The molecule has 0 N–H and O–H groups in total. The van der Waals surface area contributed by atoms with E-state index in [-0.39, 0.29) is 0 Å². The molecule has 98 valence electrons. The molecule has 0 unspecified atom stereocenters. The SMILES string of the molecule is CCCn1cncc1COc1ccc(CC#N)cc1. The molecule has 4 nitrogen and oxygen atoms in total. The van der Waals surface area contributed by atoms with Crippen molar-refractivity contribution in [3.05, 3.63) is 48.0 Å². The molecule has 1 heterocycles. The molecule has 0 saturated heterocycles. The largest absolute Gasteiger partial charge is 0.487 e. The smallest absolute Gasteiger partial charge is 0.130 e. The Morgan fingerprint density at radius 3 is 2.79 bits per heavy atom. The lowest BCUT2D eigenvalue weighted by molar-refractivity contribution is 0.294. The van der Waals surface area contributed by atoms with Gasteiger partial charge in [-0.2, -0.15) is 5.26 Å². The third kappa shape index (κ3) is 3.59. The minimum atomic E-state index is 0.434. The van der Waals surface area contributed by atoms with Gasteiger partial charge in [-0.05, 0) is 24.1 Å². The standard InChI is InChI=1S/C15H17N3O/c1-2-9-18-12-17-10-14(18)11-19-15-5-3-13(4-6-15)7-8-16/h3-6,10,12H,2,7,9,11H2,1H3. The maximum absolute atomic E-state index is 8.61. The zero-order valence-electron chi connectivity index (χ0n) is 11.0.